The van der Waals surface area contributed by atoms with Gasteiger partial charge in [0.1, 0.15) is 4.88 Å². The van der Waals surface area contributed by atoms with Gasteiger partial charge in [-0.05, 0) is 6.92 Å². The molecule has 60 valence electrons. The van der Waals surface area contributed by atoms with E-state index in [1.807, 2.05) is 0 Å². The summed E-state index contributed by atoms with van der Waals surface area (Å²) in [5, 5.41) is 0. The van der Waals surface area contributed by atoms with Crippen molar-refractivity contribution in [2.45, 2.75) is 6.92 Å². The van der Waals surface area contributed by atoms with Crippen molar-refractivity contribution in [3.8, 4) is 0 Å². The highest BCUT2D eigenvalue weighted by Gasteiger charge is 2.11. The van der Waals surface area contributed by atoms with Gasteiger partial charge >= 0.3 is 4.87 Å². The van der Waals surface area contributed by atoms with E-state index in [9.17, 15) is 9.59 Å². The molecule has 0 unspecified atom stereocenters. The summed E-state index contributed by atoms with van der Waals surface area (Å²) in [6, 6.07) is 0. The van der Waals surface area contributed by atoms with Crippen molar-refractivity contribution in [1.82, 2.24) is 4.57 Å². The maximum atomic E-state index is 10.9. The topological polar surface area (TPSA) is 65.1 Å². The molecule has 4 nitrogen and oxygen atoms in total. The van der Waals surface area contributed by atoms with Crippen LogP contribution in [0.5, 0.6) is 0 Å². The summed E-state index contributed by atoms with van der Waals surface area (Å²) in [7, 11) is 1.61. The van der Waals surface area contributed by atoms with Crippen LogP contribution in [0.3, 0.4) is 0 Å². The highest BCUT2D eigenvalue weighted by atomic mass is 32.1. The quantitative estimate of drug-likeness (QED) is 0.640. The number of hydrogen-bond donors (Lipinski definition) is 1. The normalized spacial score (nSPS) is 10.0. The lowest BCUT2D eigenvalue weighted by atomic mass is 10.4. The summed E-state index contributed by atoms with van der Waals surface area (Å²) in [4.78, 5) is 21.8. The number of rotatable bonds is 1. The van der Waals surface area contributed by atoms with Crippen LogP contribution in [0.25, 0.3) is 0 Å². The first kappa shape index (κ1) is 8.00. The minimum absolute atomic E-state index is 0.156. The third-order valence-corrected chi connectivity index (χ3v) is 2.67. The average molecular weight is 172 g/mol. The molecule has 0 aliphatic carbocycles. The monoisotopic (exact) mass is 172 g/mol. The predicted octanol–water partition coefficient (Wildman–Crippen LogP) is -0.146. The molecule has 2 N–H and O–H groups in total. The summed E-state index contributed by atoms with van der Waals surface area (Å²) >= 11 is 0.882. The van der Waals surface area contributed by atoms with E-state index < -0.39 is 5.91 Å². The predicted molar refractivity (Wildman–Crippen MR) is 42.8 cm³/mol. The number of aromatic nitrogens is 1. The molecule has 1 aromatic heterocycles. The third-order valence-electron chi connectivity index (χ3n) is 1.52. The third kappa shape index (κ3) is 1.19. The van der Waals surface area contributed by atoms with Gasteiger partial charge in [-0.3, -0.25) is 9.59 Å². The summed E-state index contributed by atoms with van der Waals surface area (Å²) in [5.41, 5.74) is 5.65. The van der Waals surface area contributed by atoms with Crippen molar-refractivity contribution < 1.29 is 4.79 Å². The van der Waals surface area contributed by atoms with Crippen molar-refractivity contribution in [2.75, 3.05) is 0 Å². The Balaban J connectivity index is 3.42. The molecule has 0 aromatic carbocycles. The number of amides is 1. The molecule has 1 rings (SSSR count). The van der Waals surface area contributed by atoms with E-state index in [4.69, 9.17) is 5.73 Å². The van der Waals surface area contributed by atoms with Crippen molar-refractivity contribution in [1.29, 1.82) is 0 Å². The zero-order chi connectivity index (χ0) is 8.59. The molecule has 11 heavy (non-hydrogen) atoms. The second-order valence-corrected chi connectivity index (χ2v) is 3.17. The first-order valence-electron chi connectivity index (χ1n) is 3.00. The van der Waals surface area contributed by atoms with Crippen LogP contribution in [-0.2, 0) is 7.05 Å². The molecule has 0 aliphatic rings. The van der Waals surface area contributed by atoms with Gasteiger partial charge in [0.15, 0.2) is 0 Å². The molecule has 0 bridgehead atoms. The van der Waals surface area contributed by atoms with Gasteiger partial charge in [0.25, 0.3) is 5.91 Å². The number of thiazole rings is 1. The zero-order valence-electron chi connectivity index (χ0n) is 6.25. The Kier molecular flexibility index (Phi) is 1.82. The first-order chi connectivity index (χ1) is 5.04. The van der Waals surface area contributed by atoms with E-state index >= 15 is 0 Å². The second-order valence-electron chi connectivity index (χ2n) is 2.21. The van der Waals surface area contributed by atoms with Crippen LogP contribution >= 0.6 is 11.3 Å². The Bertz CT molecular complexity index is 350. The summed E-state index contributed by atoms with van der Waals surface area (Å²) < 4.78 is 1.41. The molecule has 5 heteroatoms. The second kappa shape index (κ2) is 2.50. The maximum absolute atomic E-state index is 10.9. The Labute approximate surface area is 67.3 Å². The van der Waals surface area contributed by atoms with Gasteiger partial charge in [-0.1, -0.05) is 11.3 Å². The minimum Gasteiger partial charge on any atom is -0.365 e. The zero-order valence-corrected chi connectivity index (χ0v) is 7.07. The van der Waals surface area contributed by atoms with E-state index in [0.29, 0.717) is 10.6 Å². The summed E-state index contributed by atoms with van der Waals surface area (Å²) in [6.07, 6.45) is 0. The number of carbonyl (C=O) groups excluding carboxylic acids is 1. The first-order valence-corrected chi connectivity index (χ1v) is 3.82. The molecule has 0 aliphatic heterocycles. The van der Waals surface area contributed by atoms with Crippen LogP contribution < -0.4 is 10.6 Å². The number of nitrogens with two attached hydrogens (primary N) is 1. The fraction of sp³-hybridized carbons (Fsp3) is 0.333. The molecule has 1 aromatic rings. The molecule has 0 saturated carbocycles. The number of primary amides is 1. The smallest absolute Gasteiger partial charge is 0.307 e. The van der Waals surface area contributed by atoms with Gasteiger partial charge in [-0.15, -0.1) is 0 Å². The molecule has 0 atom stereocenters. The van der Waals surface area contributed by atoms with E-state index in [2.05, 4.69) is 0 Å². The molecule has 1 amide bonds. The fourth-order valence-corrected chi connectivity index (χ4v) is 1.58. The molecule has 0 spiro atoms. The van der Waals surface area contributed by atoms with E-state index in [0.717, 1.165) is 11.3 Å². The number of nitrogens with zero attached hydrogens (tertiary/aromatic N) is 1. The van der Waals surface area contributed by atoms with Gasteiger partial charge in [0, 0.05) is 12.7 Å². The van der Waals surface area contributed by atoms with Gasteiger partial charge in [-0.25, -0.2) is 0 Å². The molecular weight excluding hydrogens is 164 g/mol. The van der Waals surface area contributed by atoms with Gasteiger partial charge < -0.3 is 10.3 Å². The van der Waals surface area contributed by atoms with Crippen LogP contribution in [0.1, 0.15) is 15.4 Å². The Hall–Kier alpha value is -1.10. The average Bonchev–Trinajstić information content (AvgIpc) is 2.17. The van der Waals surface area contributed by atoms with E-state index in [-0.39, 0.29) is 4.87 Å². The van der Waals surface area contributed by atoms with Crippen LogP contribution in [0, 0.1) is 6.92 Å². The van der Waals surface area contributed by atoms with Crippen molar-refractivity contribution in [2.24, 2.45) is 12.8 Å². The lowest BCUT2D eigenvalue weighted by Crippen LogP contribution is -2.12. The van der Waals surface area contributed by atoms with Gasteiger partial charge in [0.2, 0.25) is 0 Å². The molecule has 1 heterocycles. The summed E-state index contributed by atoms with van der Waals surface area (Å²) in [6.45, 7) is 1.69. The highest BCUT2D eigenvalue weighted by Crippen LogP contribution is 2.08. The Morgan fingerprint density at radius 2 is 2.18 bits per heavy atom. The molecular formula is C6H8N2O2S. The van der Waals surface area contributed by atoms with Crippen LogP contribution in [0.15, 0.2) is 4.79 Å². The molecule has 0 saturated heterocycles. The molecule has 0 radical (unpaired) electrons. The van der Waals surface area contributed by atoms with Crippen molar-refractivity contribution in [3.05, 3.63) is 20.2 Å². The lowest BCUT2D eigenvalue weighted by Gasteiger charge is -1.93. The SMILES string of the molecule is Cc1c(C(N)=O)sc(=O)n1C. The van der Waals surface area contributed by atoms with Crippen LogP contribution in [0.2, 0.25) is 0 Å². The fourth-order valence-electron chi connectivity index (χ4n) is 0.747. The van der Waals surface area contributed by atoms with Gasteiger partial charge in [-0.2, -0.15) is 0 Å². The lowest BCUT2D eigenvalue weighted by molar-refractivity contribution is 0.100. The van der Waals surface area contributed by atoms with Crippen molar-refractivity contribution in [3.63, 3.8) is 0 Å². The largest absolute Gasteiger partial charge is 0.365 e. The maximum Gasteiger partial charge on any atom is 0.307 e. The highest BCUT2D eigenvalue weighted by molar-refractivity contribution is 7.11. The minimum atomic E-state index is -0.537. The molecule has 0 fully saturated rings. The number of carbonyl (C=O) groups is 1. The summed E-state index contributed by atoms with van der Waals surface area (Å²) in [5.74, 6) is -0.537. The van der Waals surface area contributed by atoms with Gasteiger partial charge in [0.05, 0.1) is 0 Å². The number of hydrogen-bond acceptors (Lipinski definition) is 3. The van der Waals surface area contributed by atoms with Crippen LogP contribution in [0.4, 0.5) is 0 Å². The van der Waals surface area contributed by atoms with Crippen molar-refractivity contribution >= 4 is 17.2 Å². The van der Waals surface area contributed by atoms with E-state index in [1.54, 1.807) is 14.0 Å². The standard InChI is InChI=1S/C6H8N2O2S/c1-3-4(5(7)9)11-6(10)8(3)2/h1-2H3,(H2,7,9). The van der Waals surface area contributed by atoms with Crippen LogP contribution in [-0.4, -0.2) is 10.5 Å². The van der Waals surface area contributed by atoms with E-state index in [1.165, 1.54) is 4.57 Å². The Morgan fingerprint density at radius 3 is 2.36 bits per heavy atom. The Morgan fingerprint density at radius 1 is 1.64 bits per heavy atom.